The second kappa shape index (κ2) is 12.2. The number of guanidine groups is 1. The molecule has 158 valence electrons. The lowest BCUT2D eigenvalue weighted by Crippen LogP contribution is -2.39. The molecule has 2 aromatic rings. The average Bonchev–Trinajstić information content (AvgIpc) is 3.17. The van der Waals surface area contributed by atoms with Crippen molar-refractivity contribution >= 4 is 52.9 Å². The fourth-order valence-electron chi connectivity index (χ4n) is 3.10. The molecular formula is C22H31IN4OS. The molecule has 1 fully saturated rings. The molecule has 7 heteroatoms. The van der Waals surface area contributed by atoms with E-state index < -0.39 is 0 Å². The number of benzene rings is 1. The van der Waals surface area contributed by atoms with Gasteiger partial charge in [-0.05, 0) is 65.8 Å². The van der Waals surface area contributed by atoms with E-state index in [1.54, 1.807) is 11.3 Å². The van der Waals surface area contributed by atoms with E-state index in [0.717, 1.165) is 49.6 Å². The summed E-state index contributed by atoms with van der Waals surface area (Å²) in [5.74, 6) is 1.58. The summed E-state index contributed by atoms with van der Waals surface area (Å²) in [6, 6.07) is 10.1. The van der Waals surface area contributed by atoms with E-state index in [4.69, 9.17) is 4.99 Å². The first kappa shape index (κ1) is 23.7. The van der Waals surface area contributed by atoms with E-state index in [-0.39, 0.29) is 35.8 Å². The molecule has 3 N–H and O–H groups in total. The van der Waals surface area contributed by atoms with Crippen molar-refractivity contribution in [1.82, 2.24) is 10.6 Å². The van der Waals surface area contributed by atoms with E-state index in [1.165, 1.54) is 5.56 Å². The Kier molecular flexibility index (Phi) is 9.93. The fourth-order valence-corrected chi connectivity index (χ4v) is 3.88. The minimum atomic E-state index is 0. The molecule has 1 saturated carbocycles. The van der Waals surface area contributed by atoms with Gasteiger partial charge in [-0.15, -0.1) is 24.0 Å². The summed E-state index contributed by atoms with van der Waals surface area (Å²) in [4.78, 5) is 16.8. The lowest BCUT2D eigenvalue weighted by atomic mass is 9.85. The molecule has 1 amide bonds. The summed E-state index contributed by atoms with van der Waals surface area (Å²) >= 11 is 1.73. The van der Waals surface area contributed by atoms with Gasteiger partial charge in [-0.3, -0.25) is 4.79 Å². The third-order valence-corrected chi connectivity index (χ3v) is 5.82. The van der Waals surface area contributed by atoms with Crippen molar-refractivity contribution in [2.75, 3.05) is 18.4 Å². The van der Waals surface area contributed by atoms with Gasteiger partial charge in [0.1, 0.15) is 0 Å². The molecule has 3 rings (SSSR count). The number of rotatable bonds is 8. The van der Waals surface area contributed by atoms with E-state index in [1.807, 2.05) is 24.3 Å². The second-order valence-corrected chi connectivity index (χ2v) is 8.13. The normalized spacial score (nSPS) is 15.0. The second-order valence-electron chi connectivity index (χ2n) is 7.35. The highest BCUT2D eigenvalue weighted by atomic mass is 127. The summed E-state index contributed by atoms with van der Waals surface area (Å²) in [7, 11) is 0. The number of carbonyl (C=O) groups is 1. The maximum absolute atomic E-state index is 12.1. The van der Waals surface area contributed by atoms with Crippen LogP contribution >= 0.6 is 35.3 Å². The van der Waals surface area contributed by atoms with Crippen molar-refractivity contribution in [3.05, 3.63) is 52.2 Å². The summed E-state index contributed by atoms with van der Waals surface area (Å²) in [5, 5.41) is 14.1. The van der Waals surface area contributed by atoms with Gasteiger partial charge in [0.25, 0.3) is 0 Å². The van der Waals surface area contributed by atoms with Crippen LogP contribution in [-0.4, -0.2) is 25.0 Å². The van der Waals surface area contributed by atoms with Gasteiger partial charge in [-0.1, -0.05) is 25.5 Å². The van der Waals surface area contributed by atoms with Crippen LogP contribution in [0, 0.1) is 5.92 Å². The number of anilines is 1. The summed E-state index contributed by atoms with van der Waals surface area (Å²) in [5.41, 5.74) is 3.28. The number of aliphatic imine (C=N–C) groups is 1. The Hall–Kier alpha value is -1.61. The third kappa shape index (κ3) is 7.29. The number of nitrogens with zero attached hydrogens (tertiary/aromatic N) is 1. The molecule has 1 heterocycles. The predicted octanol–water partition coefficient (Wildman–Crippen LogP) is 4.96. The quantitative estimate of drug-likeness (QED) is 0.259. The van der Waals surface area contributed by atoms with E-state index >= 15 is 0 Å². The van der Waals surface area contributed by atoms with Crippen LogP contribution in [0.2, 0.25) is 0 Å². The van der Waals surface area contributed by atoms with Crippen LogP contribution in [0.25, 0.3) is 0 Å². The Morgan fingerprint density at radius 3 is 2.76 bits per heavy atom. The number of nitrogens with one attached hydrogen (secondary N) is 3. The Balaban J connectivity index is 0.00000300. The number of carbonyl (C=O) groups excluding carboxylic acids is 1. The minimum absolute atomic E-state index is 0. The highest BCUT2D eigenvalue weighted by molar-refractivity contribution is 14.0. The lowest BCUT2D eigenvalue weighted by Gasteiger charge is -2.24. The predicted molar refractivity (Wildman–Crippen MR) is 133 cm³/mol. The van der Waals surface area contributed by atoms with Crippen molar-refractivity contribution in [3.8, 4) is 0 Å². The van der Waals surface area contributed by atoms with Gasteiger partial charge in [0.05, 0.1) is 6.54 Å². The largest absolute Gasteiger partial charge is 0.357 e. The minimum Gasteiger partial charge on any atom is -0.357 e. The van der Waals surface area contributed by atoms with Gasteiger partial charge in [0.15, 0.2) is 5.96 Å². The molecule has 0 aliphatic heterocycles. The maximum Gasteiger partial charge on any atom is 0.227 e. The monoisotopic (exact) mass is 526 g/mol. The molecule has 0 radical (unpaired) electrons. The highest BCUT2D eigenvalue weighted by Gasteiger charge is 2.25. The topological polar surface area (TPSA) is 65.5 Å². The average molecular weight is 526 g/mol. The van der Waals surface area contributed by atoms with Crippen LogP contribution in [0.4, 0.5) is 5.69 Å². The van der Waals surface area contributed by atoms with Crippen LogP contribution in [-0.2, 0) is 11.3 Å². The first-order valence-corrected chi connectivity index (χ1v) is 11.0. The van der Waals surface area contributed by atoms with Gasteiger partial charge in [-0.2, -0.15) is 11.3 Å². The molecule has 1 atom stereocenters. The number of hydrogen-bond donors (Lipinski definition) is 3. The first-order chi connectivity index (χ1) is 13.7. The SMILES string of the molecule is CCNC(=NCc1cccc(NC(=O)C2CCC2)c1)NCC(C)c1ccsc1.I. The maximum atomic E-state index is 12.1. The number of amides is 1. The van der Waals surface area contributed by atoms with E-state index in [9.17, 15) is 4.79 Å². The molecule has 5 nitrogen and oxygen atoms in total. The Labute approximate surface area is 194 Å². The summed E-state index contributed by atoms with van der Waals surface area (Å²) < 4.78 is 0. The first-order valence-electron chi connectivity index (χ1n) is 10.1. The Morgan fingerprint density at radius 1 is 1.28 bits per heavy atom. The molecule has 1 aliphatic carbocycles. The van der Waals surface area contributed by atoms with Crippen molar-refractivity contribution in [3.63, 3.8) is 0 Å². The third-order valence-electron chi connectivity index (χ3n) is 5.12. The smallest absolute Gasteiger partial charge is 0.227 e. The van der Waals surface area contributed by atoms with Crippen LogP contribution in [0.1, 0.15) is 50.2 Å². The number of halogens is 1. The zero-order valence-electron chi connectivity index (χ0n) is 17.1. The van der Waals surface area contributed by atoms with Crippen molar-refractivity contribution in [2.45, 2.75) is 45.6 Å². The van der Waals surface area contributed by atoms with Gasteiger partial charge < -0.3 is 16.0 Å². The van der Waals surface area contributed by atoms with E-state index in [0.29, 0.717) is 12.5 Å². The molecule has 0 bridgehead atoms. The molecule has 1 aliphatic rings. The molecular weight excluding hydrogens is 495 g/mol. The highest BCUT2D eigenvalue weighted by Crippen LogP contribution is 2.27. The molecule has 0 spiro atoms. The van der Waals surface area contributed by atoms with Crippen LogP contribution in [0.15, 0.2) is 46.1 Å². The van der Waals surface area contributed by atoms with Crippen LogP contribution < -0.4 is 16.0 Å². The molecule has 1 aromatic carbocycles. The molecule has 0 saturated heterocycles. The van der Waals surface area contributed by atoms with Gasteiger partial charge in [-0.25, -0.2) is 4.99 Å². The van der Waals surface area contributed by atoms with Crippen molar-refractivity contribution in [1.29, 1.82) is 0 Å². The van der Waals surface area contributed by atoms with Crippen LogP contribution in [0.3, 0.4) is 0 Å². The fraction of sp³-hybridized carbons (Fsp3) is 0.455. The van der Waals surface area contributed by atoms with Crippen molar-refractivity contribution in [2.24, 2.45) is 10.9 Å². The summed E-state index contributed by atoms with van der Waals surface area (Å²) in [6.07, 6.45) is 3.19. The standard InChI is InChI=1S/C22H30N4OS.HI/c1-3-23-22(24-13-16(2)19-10-11-28-15-19)25-14-17-6-4-9-20(12-17)26-21(27)18-7-5-8-18;/h4,6,9-12,15-16,18H,3,5,7-8,13-14H2,1-2H3,(H,26,27)(H2,23,24,25);1H. The van der Waals surface area contributed by atoms with Crippen molar-refractivity contribution < 1.29 is 4.79 Å². The Morgan fingerprint density at radius 2 is 2.10 bits per heavy atom. The van der Waals surface area contributed by atoms with Gasteiger partial charge >= 0.3 is 0 Å². The number of hydrogen-bond acceptors (Lipinski definition) is 3. The number of thiophene rings is 1. The summed E-state index contributed by atoms with van der Waals surface area (Å²) in [6.45, 7) is 6.49. The zero-order valence-corrected chi connectivity index (χ0v) is 20.3. The lowest BCUT2D eigenvalue weighted by molar-refractivity contribution is -0.122. The molecule has 1 aromatic heterocycles. The molecule has 29 heavy (non-hydrogen) atoms. The van der Waals surface area contributed by atoms with Gasteiger partial charge in [0.2, 0.25) is 5.91 Å². The van der Waals surface area contributed by atoms with Crippen LogP contribution in [0.5, 0.6) is 0 Å². The van der Waals surface area contributed by atoms with E-state index in [2.05, 4.69) is 46.6 Å². The molecule has 1 unspecified atom stereocenters. The zero-order chi connectivity index (χ0) is 19.8. The Bertz CT molecular complexity index is 790. The van der Waals surface area contributed by atoms with Gasteiger partial charge in [0, 0.05) is 24.7 Å².